The van der Waals surface area contributed by atoms with E-state index in [2.05, 4.69) is 10.3 Å². The second-order valence-electron chi connectivity index (χ2n) is 2.09. The number of pyridine rings is 1. The van der Waals surface area contributed by atoms with Crippen LogP contribution in [0.5, 0.6) is 0 Å². The van der Waals surface area contributed by atoms with E-state index in [4.69, 9.17) is 5.73 Å². The number of carbonyl (C=O) groups is 1. The largest absolute Gasteiger partial charge is 0.384 e. The van der Waals surface area contributed by atoms with Gasteiger partial charge in [0.25, 0.3) is 0 Å². The summed E-state index contributed by atoms with van der Waals surface area (Å²) in [5.41, 5.74) is 6.29. The first-order valence-corrected chi connectivity index (χ1v) is 3.20. The number of carbonyl (C=O) groups excluding carboxylic acids is 1. The molecule has 0 aromatic carbocycles. The highest BCUT2D eigenvalue weighted by molar-refractivity contribution is 5.46. The van der Waals surface area contributed by atoms with Crippen molar-refractivity contribution in [1.29, 1.82) is 0 Å². The number of hydrogen-bond acceptors (Lipinski definition) is 3. The van der Waals surface area contributed by atoms with Gasteiger partial charge in [-0.25, -0.2) is 4.98 Å². The predicted octanol–water partition coefficient (Wildman–Crippen LogP) is -0.0902. The Labute approximate surface area is 64.4 Å². The van der Waals surface area contributed by atoms with Gasteiger partial charge in [-0.3, -0.25) is 4.79 Å². The highest BCUT2D eigenvalue weighted by Crippen LogP contribution is 1.99. The molecule has 4 heteroatoms. The van der Waals surface area contributed by atoms with Crippen LogP contribution in [0.25, 0.3) is 0 Å². The molecule has 0 aliphatic heterocycles. The lowest BCUT2D eigenvalue weighted by Gasteiger charge is -1.98. The monoisotopic (exact) mass is 151 g/mol. The molecule has 58 valence electrons. The van der Waals surface area contributed by atoms with Crippen LogP contribution in [0.15, 0.2) is 18.3 Å². The molecule has 3 N–H and O–H groups in total. The molecular weight excluding hydrogens is 142 g/mol. The number of rotatable bonds is 3. The molecule has 0 spiro atoms. The van der Waals surface area contributed by atoms with E-state index in [1.54, 1.807) is 12.3 Å². The van der Waals surface area contributed by atoms with E-state index >= 15 is 0 Å². The standard InChI is InChI=1S/C7H9N3O/c8-7-2-1-6(4-10-7)3-9-5-11/h1-2,4-5H,3H2,(H2,8,10)(H,9,11). The van der Waals surface area contributed by atoms with E-state index in [1.807, 2.05) is 6.07 Å². The number of nitrogens with zero attached hydrogens (tertiary/aromatic N) is 1. The maximum absolute atomic E-state index is 9.89. The molecule has 4 nitrogen and oxygen atoms in total. The molecule has 1 amide bonds. The topological polar surface area (TPSA) is 68.0 Å². The zero-order chi connectivity index (χ0) is 8.10. The average molecular weight is 151 g/mol. The van der Waals surface area contributed by atoms with Crippen LogP contribution in [-0.2, 0) is 11.3 Å². The average Bonchev–Trinajstić information content (AvgIpc) is 2.04. The lowest BCUT2D eigenvalue weighted by atomic mass is 10.3. The number of nitrogen functional groups attached to an aromatic ring is 1. The summed E-state index contributed by atoms with van der Waals surface area (Å²) in [4.78, 5) is 13.7. The van der Waals surface area contributed by atoms with Crippen molar-refractivity contribution in [2.24, 2.45) is 0 Å². The fourth-order valence-corrected chi connectivity index (χ4v) is 0.700. The molecule has 11 heavy (non-hydrogen) atoms. The van der Waals surface area contributed by atoms with Gasteiger partial charge in [-0.05, 0) is 11.6 Å². The van der Waals surface area contributed by atoms with Crippen LogP contribution >= 0.6 is 0 Å². The first-order valence-electron chi connectivity index (χ1n) is 3.20. The maximum atomic E-state index is 9.89. The minimum Gasteiger partial charge on any atom is -0.384 e. The Balaban J connectivity index is 2.58. The summed E-state index contributed by atoms with van der Waals surface area (Å²) in [5.74, 6) is 0.486. The number of amides is 1. The summed E-state index contributed by atoms with van der Waals surface area (Å²) in [5, 5.41) is 2.52. The molecule has 0 unspecified atom stereocenters. The Morgan fingerprint density at radius 2 is 2.45 bits per heavy atom. The van der Waals surface area contributed by atoms with Gasteiger partial charge in [0, 0.05) is 12.7 Å². The minimum atomic E-state index is 0.486. The summed E-state index contributed by atoms with van der Waals surface area (Å²) in [6, 6.07) is 3.51. The van der Waals surface area contributed by atoms with Gasteiger partial charge in [-0.1, -0.05) is 6.07 Å². The molecular formula is C7H9N3O. The number of nitrogens with two attached hydrogens (primary N) is 1. The Hall–Kier alpha value is -1.58. The van der Waals surface area contributed by atoms with E-state index < -0.39 is 0 Å². The molecule has 0 bridgehead atoms. The van der Waals surface area contributed by atoms with E-state index in [-0.39, 0.29) is 0 Å². The lowest BCUT2D eigenvalue weighted by Crippen LogP contribution is -2.09. The summed E-state index contributed by atoms with van der Waals surface area (Å²) in [6.07, 6.45) is 2.28. The fourth-order valence-electron chi connectivity index (χ4n) is 0.700. The number of aromatic nitrogens is 1. The van der Waals surface area contributed by atoms with Gasteiger partial charge in [0.15, 0.2) is 0 Å². The van der Waals surface area contributed by atoms with Crippen LogP contribution < -0.4 is 11.1 Å². The molecule has 1 rings (SSSR count). The van der Waals surface area contributed by atoms with Crippen molar-refractivity contribution in [3.8, 4) is 0 Å². The van der Waals surface area contributed by atoms with Gasteiger partial charge in [0.05, 0.1) is 0 Å². The first-order chi connectivity index (χ1) is 5.33. The van der Waals surface area contributed by atoms with Crippen molar-refractivity contribution >= 4 is 12.2 Å². The molecule has 0 aliphatic carbocycles. The fraction of sp³-hybridized carbons (Fsp3) is 0.143. The van der Waals surface area contributed by atoms with Gasteiger partial charge in [-0.15, -0.1) is 0 Å². The van der Waals surface area contributed by atoms with Crippen molar-refractivity contribution in [1.82, 2.24) is 10.3 Å². The number of nitrogens with one attached hydrogen (secondary N) is 1. The smallest absolute Gasteiger partial charge is 0.207 e. The minimum absolute atomic E-state index is 0.486. The SMILES string of the molecule is Nc1ccc(CNC=O)cn1. The van der Waals surface area contributed by atoms with Gasteiger partial charge >= 0.3 is 0 Å². The number of anilines is 1. The third kappa shape index (κ3) is 2.25. The van der Waals surface area contributed by atoms with Crippen LogP contribution in [0.1, 0.15) is 5.56 Å². The first kappa shape index (κ1) is 7.53. The van der Waals surface area contributed by atoms with Crippen molar-refractivity contribution in [3.05, 3.63) is 23.9 Å². The quantitative estimate of drug-likeness (QED) is 0.593. The molecule has 0 aliphatic rings. The second kappa shape index (κ2) is 3.55. The molecule has 0 saturated heterocycles. The Bertz CT molecular complexity index is 232. The van der Waals surface area contributed by atoms with Crippen LogP contribution in [0, 0.1) is 0 Å². The zero-order valence-electron chi connectivity index (χ0n) is 5.95. The van der Waals surface area contributed by atoms with Crippen LogP contribution in [0.3, 0.4) is 0 Å². The summed E-state index contributed by atoms with van der Waals surface area (Å²) >= 11 is 0. The van der Waals surface area contributed by atoms with Gasteiger partial charge < -0.3 is 11.1 Å². The molecule has 0 fully saturated rings. The molecule has 1 aromatic rings. The molecule has 0 radical (unpaired) electrons. The summed E-state index contributed by atoms with van der Waals surface area (Å²) in [6.45, 7) is 0.497. The third-order valence-corrected chi connectivity index (χ3v) is 1.24. The van der Waals surface area contributed by atoms with Crippen LogP contribution in [0.2, 0.25) is 0 Å². The highest BCUT2D eigenvalue weighted by Gasteiger charge is 1.90. The van der Waals surface area contributed by atoms with Crippen LogP contribution in [-0.4, -0.2) is 11.4 Å². The van der Waals surface area contributed by atoms with Crippen molar-refractivity contribution in [3.63, 3.8) is 0 Å². The number of hydrogen-bond donors (Lipinski definition) is 2. The normalized spacial score (nSPS) is 9.09. The predicted molar refractivity (Wildman–Crippen MR) is 41.6 cm³/mol. The summed E-state index contributed by atoms with van der Waals surface area (Å²) in [7, 11) is 0. The van der Waals surface area contributed by atoms with Crippen molar-refractivity contribution in [2.75, 3.05) is 5.73 Å². The van der Waals surface area contributed by atoms with E-state index in [0.717, 1.165) is 5.56 Å². The van der Waals surface area contributed by atoms with E-state index in [1.165, 1.54) is 0 Å². The molecule has 1 aromatic heterocycles. The van der Waals surface area contributed by atoms with Gasteiger partial charge in [-0.2, -0.15) is 0 Å². The lowest BCUT2D eigenvalue weighted by molar-refractivity contribution is -0.109. The molecule has 0 atom stereocenters. The van der Waals surface area contributed by atoms with Crippen molar-refractivity contribution < 1.29 is 4.79 Å². The zero-order valence-corrected chi connectivity index (χ0v) is 5.95. The van der Waals surface area contributed by atoms with Crippen molar-refractivity contribution in [2.45, 2.75) is 6.54 Å². The van der Waals surface area contributed by atoms with E-state index in [0.29, 0.717) is 18.8 Å². The maximum Gasteiger partial charge on any atom is 0.207 e. The van der Waals surface area contributed by atoms with Gasteiger partial charge in [0.1, 0.15) is 5.82 Å². The Kier molecular flexibility index (Phi) is 2.43. The van der Waals surface area contributed by atoms with Gasteiger partial charge in [0.2, 0.25) is 6.41 Å². The highest BCUT2D eigenvalue weighted by atomic mass is 16.1. The third-order valence-electron chi connectivity index (χ3n) is 1.24. The Morgan fingerprint density at radius 1 is 1.64 bits per heavy atom. The van der Waals surface area contributed by atoms with E-state index in [9.17, 15) is 4.79 Å². The van der Waals surface area contributed by atoms with Crippen LogP contribution in [0.4, 0.5) is 5.82 Å². The molecule has 0 saturated carbocycles. The molecule has 1 heterocycles. The second-order valence-corrected chi connectivity index (χ2v) is 2.09. The Morgan fingerprint density at radius 3 is 3.00 bits per heavy atom. The summed E-state index contributed by atoms with van der Waals surface area (Å²) < 4.78 is 0.